The summed E-state index contributed by atoms with van der Waals surface area (Å²) < 4.78 is 5.81. The van der Waals surface area contributed by atoms with Gasteiger partial charge in [0.25, 0.3) is 0 Å². The standard InChI is InChI=1S/C23H33N3O3/c1-3-18(4-2)25-13-15-26(16-14-25)24-21(27)17-9-11-23(12-10-17)20-8-6-5-7-19(20)22(28)29-23/h5-8,17-18H,3-4,9-16H2,1-2H3,(H,24,27). The molecule has 0 aromatic heterocycles. The van der Waals surface area contributed by atoms with Crippen LogP contribution >= 0.6 is 0 Å². The lowest BCUT2D eigenvalue weighted by atomic mass is 9.75. The first kappa shape index (κ1) is 20.4. The van der Waals surface area contributed by atoms with Crippen molar-refractivity contribution in [2.24, 2.45) is 5.92 Å². The van der Waals surface area contributed by atoms with E-state index in [9.17, 15) is 9.59 Å². The van der Waals surface area contributed by atoms with Gasteiger partial charge in [0.15, 0.2) is 0 Å². The average Bonchev–Trinajstić information content (AvgIpc) is 3.02. The number of benzene rings is 1. The van der Waals surface area contributed by atoms with E-state index in [0.717, 1.165) is 57.4 Å². The van der Waals surface area contributed by atoms with E-state index in [4.69, 9.17) is 4.74 Å². The Labute approximate surface area is 173 Å². The second kappa shape index (κ2) is 8.44. The van der Waals surface area contributed by atoms with Crippen molar-refractivity contribution >= 4 is 11.9 Å². The van der Waals surface area contributed by atoms with Crippen molar-refractivity contribution in [2.45, 2.75) is 64.0 Å². The molecule has 4 rings (SSSR count). The smallest absolute Gasteiger partial charge is 0.339 e. The normalized spacial score (nSPS) is 27.8. The summed E-state index contributed by atoms with van der Waals surface area (Å²) >= 11 is 0. The second-order valence-electron chi connectivity index (χ2n) is 8.67. The number of hydrazine groups is 1. The van der Waals surface area contributed by atoms with E-state index in [1.54, 1.807) is 0 Å². The molecule has 1 aliphatic carbocycles. The van der Waals surface area contributed by atoms with Crippen molar-refractivity contribution in [3.8, 4) is 0 Å². The molecule has 1 amide bonds. The molecule has 0 atom stereocenters. The van der Waals surface area contributed by atoms with Gasteiger partial charge in [-0.05, 0) is 44.6 Å². The summed E-state index contributed by atoms with van der Waals surface area (Å²) in [6.07, 6.45) is 5.30. The lowest BCUT2D eigenvalue weighted by Crippen LogP contribution is -2.56. The lowest BCUT2D eigenvalue weighted by Gasteiger charge is -2.40. The number of esters is 1. The highest BCUT2D eigenvalue weighted by Gasteiger charge is 2.48. The third kappa shape index (κ3) is 3.92. The van der Waals surface area contributed by atoms with Crippen molar-refractivity contribution in [1.29, 1.82) is 0 Å². The van der Waals surface area contributed by atoms with Crippen LogP contribution in [0.4, 0.5) is 0 Å². The van der Waals surface area contributed by atoms with Gasteiger partial charge in [-0.3, -0.25) is 15.1 Å². The average molecular weight is 400 g/mol. The quantitative estimate of drug-likeness (QED) is 0.771. The van der Waals surface area contributed by atoms with Gasteiger partial charge in [-0.25, -0.2) is 9.80 Å². The predicted octanol–water partition coefficient (Wildman–Crippen LogP) is 3.08. The number of piperazine rings is 1. The molecule has 1 N–H and O–H groups in total. The Bertz CT molecular complexity index is 745. The SMILES string of the molecule is CCC(CC)N1CCN(NC(=O)C2CCC3(CC2)OC(=O)c2ccccc23)CC1. The highest BCUT2D eigenvalue weighted by atomic mass is 16.6. The third-order valence-corrected chi connectivity index (χ3v) is 7.13. The van der Waals surface area contributed by atoms with E-state index < -0.39 is 5.60 Å². The van der Waals surface area contributed by atoms with E-state index in [-0.39, 0.29) is 17.8 Å². The Morgan fingerprint density at radius 3 is 2.45 bits per heavy atom. The van der Waals surface area contributed by atoms with Crippen LogP contribution in [0.3, 0.4) is 0 Å². The summed E-state index contributed by atoms with van der Waals surface area (Å²) in [5, 5.41) is 2.08. The van der Waals surface area contributed by atoms with Crippen LogP contribution in [0.2, 0.25) is 0 Å². The van der Waals surface area contributed by atoms with Gasteiger partial charge >= 0.3 is 5.97 Å². The number of fused-ring (bicyclic) bond motifs is 2. The highest BCUT2D eigenvalue weighted by Crippen LogP contribution is 2.48. The number of hydrogen-bond donors (Lipinski definition) is 1. The molecule has 29 heavy (non-hydrogen) atoms. The highest BCUT2D eigenvalue weighted by molar-refractivity contribution is 5.94. The van der Waals surface area contributed by atoms with Crippen molar-refractivity contribution in [3.63, 3.8) is 0 Å². The van der Waals surface area contributed by atoms with E-state index in [1.165, 1.54) is 12.8 Å². The number of hydrogen-bond acceptors (Lipinski definition) is 5. The minimum atomic E-state index is -0.522. The van der Waals surface area contributed by atoms with Gasteiger partial charge in [0.05, 0.1) is 5.56 Å². The van der Waals surface area contributed by atoms with Crippen molar-refractivity contribution < 1.29 is 14.3 Å². The maximum absolute atomic E-state index is 12.8. The second-order valence-corrected chi connectivity index (χ2v) is 8.67. The largest absolute Gasteiger partial charge is 0.451 e. The molecule has 1 aromatic carbocycles. The van der Waals surface area contributed by atoms with Crippen LogP contribution < -0.4 is 5.43 Å². The van der Waals surface area contributed by atoms with Crippen molar-refractivity contribution in [2.75, 3.05) is 26.2 Å². The van der Waals surface area contributed by atoms with Crippen LogP contribution in [0, 0.1) is 5.92 Å². The maximum atomic E-state index is 12.8. The summed E-state index contributed by atoms with van der Waals surface area (Å²) in [5.41, 5.74) is 4.32. The fourth-order valence-corrected chi connectivity index (χ4v) is 5.31. The topological polar surface area (TPSA) is 61.9 Å². The first-order valence-electron chi connectivity index (χ1n) is 11.2. The molecule has 158 valence electrons. The summed E-state index contributed by atoms with van der Waals surface area (Å²) in [7, 11) is 0. The van der Waals surface area contributed by atoms with Gasteiger partial charge in [-0.2, -0.15) is 0 Å². The first-order valence-corrected chi connectivity index (χ1v) is 11.2. The lowest BCUT2D eigenvalue weighted by molar-refractivity contribution is -0.134. The maximum Gasteiger partial charge on any atom is 0.339 e. The molecule has 1 aromatic rings. The fourth-order valence-electron chi connectivity index (χ4n) is 5.31. The van der Waals surface area contributed by atoms with Crippen molar-refractivity contribution in [1.82, 2.24) is 15.3 Å². The molecule has 0 radical (unpaired) electrons. The van der Waals surface area contributed by atoms with Crippen LogP contribution in [0.1, 0.15) is 68.3 Å². The minimum Gasteiger partial charge on any atom is -0.451 e. The molecule has 6 heteroatoms. The number of amides is 1. The summed E-state index contributed by atoms with van der Waals surface area (Å²) in [4.78, 5) is 27.6. The molecule has 0 unspecified atom stereocenters. The Balaban J connectivity index is 1.29. The Kier molecular flexibility index (Phi) is 5.93. The van der Waals surface area contributed by atoms with Gasteiger partial charge in [0.2, 0.25) is 5.91 Å². The minimum absolute atomic E-state index is 0.0100. The molecule has 1 spiro atoms. The number of rotatable bonds is 5. The summed E-state index contributed by atoms with van der Waals surface area (Å²) in [6.45, 7) is 8.27. The third-order valence-electron chi connectivity index (χ3n) is 7.13. The monoisotopic (exact) mass is 399 g/mol. The Hall–Kier alpha value is -1.92. The number of carbonyl (C=O) groups excluding carboxylic acids is 2. The van der Waals surface area contributed by atoms with Crippen LogP contribution in [-0.2, 0) is 15.1 Å². The van der Waals surface area contributed by atoms with E-state index in [2.05, 4.69) is 29.2 Å². The first-order chi connectivity index (χ1) is 14.1. The Morgan fingerprint density at radius 2 is 1.79 bits per heavy atom. The van der Waals surface area contributed by atoms with Crippen LogP contribution in [0.25, 0.3) is 0 Å². The fraction of sp³-hybridized carbons (Fsp3) is 0.652. The zero-order valence-corrected chi connectivity index (χ0v) is 17.7. The van der Waals surface area contributed by atoms with Crippen molar-refractivity contribution in [3.05, 3.63) is 35.4 Å². The molecule has 6 nitrogen and oxygen atoms in total. The zero-order chi connectivity index (χ0) is 20.4. The molecule has 0 bridgehead atoms. The number of nitrogens with zero attached hydrogens (tertiary/aromatic N) is 2. The number of carbonyl (C=O) groups is 2. The van der Waals surface area contributed by atoms with Gasteiger partial charge in [0, 0.05) is 43.7 Å². The summed E-state index contributed by atoms with van der Waals surface area (Å²) in [6, 6.07) is 8.33. The van der Waals surface area contributed by atoms with E-state index in [1.807, 2.05) is 24.3 Å². The Morgan fingerprint density at radius 1 is 1.14 bits per heavy atom. The van der Waals surface area contributed by atoms with Gasteiger partial charge in [-0.15, -0.1) is 0 Å². The number of ether oxygens (including phenoxy) is 1. The van der Waals surface area contributed by atoms with Crippen LogP contribution in [0.15, 0.2) is 24.3 Å². The predicted molar refractivity (Wildman–Crippen MR) is 111 cm³/mol. The molecule has 1 saturated carbocycles. The van der Waals surface area contributed by atoms with Gasteiger partial charge in [0.1, 0.15) is 5.60 Å². The molecule has 3 aliphatic rings. The molecule has 2 fully saturated rings. The van der Waals surface area contributed by atoms with Crippen LogP contribution in [0.5, 0.6) is 0 Å². The van der Waals surface area contributed by atoms with E-state index in [0.29, 0.717) is 11.6 Å². The zero-order valence-electron chi connectivity index (χ0n) is 17.7. The molecule has 2 heterocycles. The molecular weight excluding hydrogens is 366 g/mol. The number of nitrogens with one attached hydrogen (secondary N) is 1. The summed E-state index contributed by atoms with van der Waals surface area (Å²) in [5.74, 6) is -0.114. The van der Waals surface area contributed by atoms with Gasteiger partial charge in [-0.1, -0.05) is 32.0 Å². The molecular formula is C23H33N3O3. The van der Waals surface area contributed by atoms with Crippen LogP contribution in [-0.4, -0.2) is 54.0 Å². The molecule has 1 saturated heterocycles. The van der Waals surface area contributed by atoms with Gasteiger partial charge < -0.3 is 4.74 Å². The van der Waals surface area contributed by atoms with E-state index >= 15 is 0 Å². The molecule has 2 aliphatic heterocycles.